The van der Waals surface area contributed by atoms with Gasteiger partial charge >= 0.3 is 0 Å². The minimum absolute atomic E-state index is 0.635. The van der Waals surface area contributed by atoms with Gasteiger partial charge in [0.15, 0.2) is 0 Å². The minimum Gasteiger partial charge on any atom is -0.363 e. The molecule has 0 bridgehead atoms. The molecule has 4 heteroatoms. The van der Waals surface area contributed by atoms with E-state index in [0.29, 0.717) is 5.92 Å². The van der Waals surface area contributed by atoms with E-state index in [9.17, 15) is 0 Å². The average Bonchev–Trinajstić information content (AvgIpc) is 2.20. The van der Waals surface area contributed by atoms with Gasteiger partial charge in [0.2, 0.25) is 0 Å². The second kappa shape index (κ2) is 6.06. The molecule has 0 aliphatic carbocycles. The molecule has 0 fully saturated rings. The zero-order valence-electron chi connectivity index (χ0n) is 10.4. The van der Waals surface area contributed by atoms with Crippen LogP contribution in [0.2, 0.25) is 5.02 Å². The van der Waals surface area contributed by atoms with Gasteiger partial charge in [-0.3, -0.25) is 0 Å². The number of halogens is 1. The fraction of sp³-hybridized carbons (Fsp3) is 0.583. The van der Waals surface area contributed by atoms with Crippen LogP contribution in [0.5, 0.6) is 0 Å². The van der Waals surface area contributed by atoms with Crippen molar-refractivity contribution < 1.29 is 0 Å². The maximum Gasteiger partial charge on any atom is 0.128 e. The van der Waals surface area contributed by atoms with Gasteiger partial charge in [0, 0.05) is 20.6 Å². The van der Waals surface area contributed by atoms with Crippen LogP contribution in [0.25, 0.3) is 0 Å². The van der Waals surface area contributed by atoms with E-state index in [-0.39, 0.29) is 0 Å². The molecule has 1 aromatic heterocycles. The molecule has 3 nitrogen and oxygen atoms in total. The van der Waals surface area contributed by atoms with Gasteiger partial charge in [-0.1, -0.05) is 25.4 Å². The lowest BCUT2D eigenvalue weighted by Crippen LogP contribution is -2.20. The molecule has 16 heavy (non-hydrogen) atoms. The molecule has 0 aliphatic heterocycles. The predicted octanol–water partition coefficient (Wildman–Crippen LogP) is 2.55. The van der Waals surface area contributed by atoms with Crippen LogP contribution in [0, 0.1) is 5.92 Å². The SMILES string of the molecule is CC(C)CNCc1nc(N(C)C)ccc1Cl. The summed E-state index contributed by atoms with van der Waals surface area (Å²) in [5, 5.41) is 4.07. The standard InChI is InChI=1S/C12H20ClN3/c1-9(2)7-14-8-11-10(13)5-6-12(15-11)16(3)4/h5-6,9,14H,7-8H2,1-4H3. The molecule has 1 aromatic rings. The summed E-state index contributed by atoms with van der Waals surface area (Å²) in [6.07, 6.45) is 0. The molecule has 1 rings (SSSR count). The maximum absolute atomic E-state index is 6.10. The van der Waals surface area contributed by atoms with Gasteiger partial charge in [0.25, 0.3) is 0 Å². The quantitative estimate of drug-likeness (QED) is 0.859. The summed E-state index contributed by atoms with van der Waals surface area (Å²) in [7, 11) is 3.95. The third kappa shape index (κ3) is 3.99. The fourth-order valence-electron chi connectivity index (χ4n) is 1.33. The van der Waals surface area contributed by atoms with Gasteiger partial charge in [-0.05, 0) is 24.6 Å². The first kappa shape index (κ1) is 13.3. The van der Waals surface area contributed by atoms with Crippen molar-refractivity contribution in [2.75, 3.05) is 25.5 Å². The van der Waals surface area contributed by atoms with Gasteiger partial charge < -0.3 is 10.2 Å². The Balaban J connectivity index is 2.67. The first-order valence-corrected chi connectivity index (χ1v) is 5.92. The van der Waals surface area contributed by atoms with Gasteiger partial charge in [0.05, 0.1) is 10.7 Å². The average molecular weight is 242 g/mol. The van der Waals surface area contributed by atoms with E-state index < -0.39 is 0 Å². The van der Waals surface area contributed by atoms with Crippen LogP contribution < -0.4 is 10.2 Å². The van der Waals surface area contributed by atoms with Crippen molar-refractivity contribution in [2.45, 2.75) is 20.4 Å². The van der Waals surface area contributed by atoms with Crippen LogP contribution in [0.3, 0.4) is 0 Å². The lowest BCUT2D eigenvalue weighted by molar-refractivity contribution is 0.548. The Kier molecular flexibility index (Phi) is 5.03. The summed E-state index contributed by atoms with van der Waals surface area (Å²) in [4.78, 5) is 6.47. The summed E-state index contributed by atoms with van der Waals surface area (Å²) in [5.41, 5.74) is 0.911. The van der Waals surface area contributed by atoms with E-state index in [1.165, 1.54) is 0 Å². The van der Waals surface area contributed by atoms with Crippen molar-refractivity contribution in [3.63, 3.8) is 0 Å². The lowest BCUT2D eigenvalue weighted by atomic mass is 10.2. The number of hydrogen-bond donors (Lipinski definition) is 1. The van der Waals surface area contributed by atoms with Crippen molar-refractivity contribution >= 4 is 17.4 Å². The molecule has 0 spiro atoms. The summed E-state index contributed by atoms with van der Waals surface area (Å²) >= 11 is 6.10. The molecule has 0 aliphatic rings. The number of hydrogen-bond acceptors (Lipinski definition) is 3. The monoisotopic (exact) mass is 241 g/mol. The summed E-state index contributed by atoms with van der Waals surface area (Å²) < 4.78 is 0. The van der Waals surface area contributed by atoms with E-state index >= 15 is 0 Å². The first-order chi connectivity index (χ1) is 7.50. The number of rotatable bonds is 5. The Hall–Kier alpha value is -0.800. The van der Waals surface area contributed by atoms with E-state index in [1.54, 1.807) is 0 Å². The summed E-state index contributed by atoms with van der Waals surface area (Å²) in [6.45, 7) is 6.06. The van der Waals surface area contributed by atoms with Gasteiger partial charge in [-0.2, -0.15) is 0 Å². The van der Waals surface area contributed by atoms with E-state index in [1.807, 2.05) is 31.1 Å². The third-order valence-corrected chi connectivity index (χ3v) is 2.55. The highest BCUT2D eigenvalue weighted by Gasteiger charge is 2.05. The maximum atomic E-state index is 6.10. The minimum atomic E-state index is 0.635. The predicted molar refractivity (Wildman–Crippen MR) is 70.1 cm³/mol. The van der Waals surface area contributed by atoms with Crippen molar-refractivity contribution in [3.8, 4) is 0 Å². The zero-order chi connectivity index (χ0) is 12.1. The number of nitrogens with one attached hydrogen (secondary N) is 1. The molecular formula is C12H20ClN3. The lowest BCUT2D eigenvalue weighted by Gasteiger charge is -2.14. The molecule has 0 amide bonds. The Labute approximate surface area is 103 Å². The third-order valence-electron chi connectivity index (χ3n) is 2.21. The Morgan fingerprint density at radius 3 is 2.62 bits per heavy atom. The smallest absolute Gasteiger partial charge is 0.128 e. The molecule has 90 valence electrons. The van der Waals surface area contributed by atoms with Crippen LogP contribution in [0.15, 0.2) is 12.1 Å². The van der Waals surface area contributed by atoms with Crippen LogP contribution in [-0.2, 0) is 6.54 Å². The van der Waals surface area contributed by atoms with Crippen LogP contribution >= 0.6 is 11.6 Å². The van der Waals surface area contributed by atoms with Gasteiger partial charge in [-0.15, -0.1) is 0 Å². The Bertz CT molecular complexity index is 337. The van der Waals surface area contributed by atoms with Crippen LogP contribution in [0.4, 0.5) is 5.82 Å². The Morgan fingerprint density at radius 1 is 1.38 bits per heavy atom. The summed E-state index contributed by atoms with van der Waals surface area (Å²) in [6, 6.07) is 3.82. The summed E-state index contributed by atoms with van der Waals surface area (Å²) in [5.74, 6) is 1.57. The van der Waals surface area contributed by atoms with E-state index in [0.717, 1.165) is 29.6 Å². The van der Waals surface area contributed by atoms with Gasteiger partial charge in [-0.25, -0.2) is 4.98 Å². The molecule has 0 unspecified atom stereocenters. The molecule has 0 atom stereocenters. The second-order valence-corrected chi connectivity index (χ2v) is 4.92. The molecular weight excluding hydrogens is 222 g/mol. The fourth-order valence-corrected chi connectivity index (χ4v) is 1.50. The molecule has 0 saturated carbocycles. The highest BCUT2D eigenvalue weighted by molar-refractivity contribution is 6.31. The van der Waals surface area contributed by atoms with Crippen LogP contribution in [-0.4, -0.2) is 25.6 Å². The number of pyridine rings is 1. The Morgan fingerprint density at radius 2 is 2.06 bits per heavy atom. The van der Waals surface area contributed by atoms with Crippen LogP contribution in [0.1, 0.15) is 19.5 Å². The molecule has 0 saturated heterocycles. The van der Waals surface area contributed by atoms with Crippen molar-refractivity contribution in [1.82, 2.24) is 10.3 Å². The highest BCUT2D eigenvalue weighted by Crippen LogP contribution is 2.17. The van der Waals surface area contributed by atoms with Gasteiger partial charge in [0.1, 0.15) is 5.82 Å². The number of aromatic nitrogens is 1. The topological polar surface area (TPSA) is 28.2 Å². The van der Waals surface area contributed by atoms with E-state index in [4.69, 9.17) is 11.6 Å². The first-order valence-electron chi connectivity index (χ1n) is 5.54. The molecule has 0 aromatic carbocycles. The zero-order valence-corrected chi connectivity index (χ0v) is 11.2. The highest BCUT2D eigenvalue weighted by atomic mass is 35.5. The van der Waals surface area contributed by atoms with Crippen molar-refractivity contribution in [1.29, 1.82) is 0 Å². The molecule has 1 heterocycles. The normalized spacial score (nSPS) is 10.9. The molecule has 0 radical (unpaired) electrons. The van der Waals surface area contributed by atoms with Crippen molar-refractivity contribution in [3.05, 3.63) is 22.8 Å². The number of nitrogens with zero attached hydrogens (tertiary/aromatic N) is 2. The van der Waals surface area contributed by atoms with Crippen molar-refractivity contribution in [2.24, 2.45) is 5.92 Å². The number of anilines is 1. The van der Waals surface area contributed by atoms with E-state index in [2.05, 4.69) is 24.1 Å². The largest absolute Gasteiger partial charge is 0.363 e. The second-order valence-electron chi connectivity index (χ2n) is 4.52. The molecule has 1 N–H and O–H groups in total.